The summed E-state index contributed by atoms with van der Waals surface area (Å²) in [4.78, 5) is 14.2. The minimum absolute atomic E-state index is 0. The molecule has 1 unspecified atom stereocenters. The van der Waals surface area contributed by atoms with Crippen LogP contribution < -0.4 is 11.1 Å². The van der Waals surface area contributed by atoms with Crippen LogP contribution in [0, 0.1) is 13.8 Å². The van der Waals surface area contributed by atoms with E-state index in [4.69, 9.17) is 5.73 Å². The molecule has 3 N–H and O–H groups in total. The van der Waals surface area contributed by atoms with Crippen LogP contribution in [0.2, 0.25) is 0 Å². The first-order valence-corrected chi connectivity index (χ1v) is 6.90. The number of aryl methyl sites for hydroxylation is 1. The lowest BCUT2D eigenvalue weighted by atomic mass is 10.1. The number of amides is 1. The monoisotopic (exact) mass is 297 g/mol. The highest BCUT2D eigenvalue weighted by atomic mass is 35.5. The summed E-state index contributed by atoms with van der Waals surface area (Å²) in [6, 6.07) is 6.17. The Morgan fingerprint density at radius 1 is 1.45 bits per heavy atom. The third kappa shape index (κ3) is 4.47. The molecule has 0 saturated carbocycles. The maximum Gasteiger partial charge on any atom is 0.238 e. The van der Waals surface area contributed by atoms with Crippen LogP contribution in [0.25, 0.3) is 0 Å². The molecular weight excluding hydrogens is 274 g/mol. The third-order valence-electron chi connectivity index (χ3n) is 3.79. The first-order chi connectivity index (χ1) is 9.06. The first kappa shape index (κ1) is 17.0. The summed E-state index contributed by atoms with van der Waals surface area (Å²) in [5.41, 5.74) is 9.16. The van der Waals surface area contributed by atoms with Crippen LogP contribution in [0.4, 0.5) is 5.69 Å². The lowest BCUT2D eigenvalue weighted by molar-refractivity contribution is -0.117. The Morgan fingerprint density at radius 2 is 2.20 bits per heavy atom. The quantitative estimate of drug-likeness (QED) is 0.898. The Labute approximate surface area is 127 Å². The van der Waals surface area contributed by atoms with E-state index in [1.165, 1.54) is 5.56 Å². The summed E-state index contributed by atoms with van der Waals surface area (Å²) < 4.78 is 0. The van der Waals surface area contributed by atoms with E-state index < -0.39 is 0 Å². The summed E-state index contributed by atoms with van der Waals surface area (Å²) in [6.07, 6.45) is 2.15. The van der Waals surface area contributed by atoms with Gasteiger partial charge in [0.1, 0.15) is 0 Å². The molecule has 0 aromatic heterocycles. The summed E-state index contributed by atoms with van der Waals surface area (Å²) in [7, 11) is 0. The predicted octanol–water partition coefficient (Wildman–Crippen LogP) is 2.09. The lowest BCUT2D eigenvalue weighted by Gasteiger charge is -2.30. The molecule has 0 radical (unpaired) electrons. The van der Waals surface area contributed by atoms with Crippen LogP contribution in [0.1, 0.15) is 24.0 Å². The van der Waals surface area contributed by atoms with Crippen molar-refractivity contribution in [2.75, 3.05) is 25.0 Å². The molecule has 1 aromatic rings. The van der Waals surface area contributed by atoms with Crippen LogP contribution in [0.5, 0.6) is 0 Å². The van der Waals surface area contributed by atoms with Gasteiger partial charge >= 0.3 is 0 Å². The molecule has 0 aliphatic carbocycles. The molecule has 1 aliphatic heterocycles. The smallest absolute Gasteiger partial charge is 0.238 e. The van der Waals surface area contributed by atoms with E-state index in [9.17, 15) is 4.79 Å². The van der Waals surface area contributed by atoms with Gasteiger partial charge in [-0.2, -0.15) is 0 Å². The summed E-state index contributed by atoms with van der Waals surface area (Å²) in [5, 5.41) is 2.99. The molecule has 1 aromatic carbocycles. The number of carbonyl (C=O) groups excluding carboxylic acids is 1. The minimum Gasteiger partial charge on any atom is -0.327 e. The molecule has 5 heteroatoms. The van der Waals surface area contributed by atoms with E-state index in [2.05, 4.69) is 23.2 Å². The van der Waals surface area contributed by atoms with Crippen LogP contribution in [0.15, 0.2) is 18.2 Å². The average molecular weight is 298 g/mol. The fourth-order valence-electron chi connectivity index (χ4n) is 2.51. The number of hydrogen-bond donors (Lipinski definition) is 2. The Morgan fingerprint density at radius 3 is 2.90 bits per heavy atom. The fraction of sp³-hybridized carbons (Fsp3) is 0.533. The summed E-state index contributed by atoms with van der Waals surface area (Å²) in [5.74, 6) is 0.0443. The maximum atomic E-state index is 12.1. The van der Waals surface area contributed by atoms with Crippen LogP contribution in [-0.2, 0) is 4.79 Å². The second kappa shape index (κ2) is 7.62. The van der Waals surface area contributed by atoms with Crippen molar-refractivity contribution in [2.24, 2.45) is 5.73 Å². The van der Waals surface area contributed by atoms with E-state index in [0.717, 1.165) is 37.2 Å². The number of carbonyl (C=O) groups is 1. The lowest BCUT2D eigenvalue weighted by Crippen LogP contribution is -2.45. The zero-order valence-electron chi connectivity index (χ0n) is 12.2. The second-order valence-electron chi connectivity index (χ2n) is 5.43. The van der Waals surface area contributed by atoms with Gasteiger partial charge in [0.2, 0.25) is 5.91 Å². The molecule has 1 aliphatic rings. The molecule has 20 heavy (non-hydrogen) atoms. The molecule has 1 saturated heterocycles. The molecular formula is C15H24ClN3O. The van der Waals surface area contributed by atoms with Gasteiger partial charge in [0.15, 0.2) is 0 Å². The summed E-state index contributed by atoms with van der Waals surface area (Å²) >= 11 is 0. The highest BCUT2D eigenvalue weighted by Gasteiger charge is 2.19. The fourth-order valence-corrected chi connectivity index (χ4v) is 2.51. The Bertz CT molecular complexity index is 464. The molecule has 1 heterocycles. The topological polar surface area (TPSA) is 58.4 Å². The van der Waals surface area contributed by atoms with Gasteiger partial charge in [-0.05, 0) is 50.4 Å². The van der Waals surface area contributed by atoms with Gasteiger partial charge in [0, 0.05) is 18.3 Å². The van der Waals surface area contributed by atoms with Crippen molar-refractivity contribution in [1.29, 1.82) is 0 Å². The van der Waals surface area contributed by atoms with Gasteiger partial charge in [-0.25, -0.2) is 0 Å². The Balaban J connectivity index is 0.00000200. The number of nitrogens with one attached hydrogen (secondary N) is 1. The zero-order valence-corrected chi connectivity index (χ0v) is 13.0. The molecule has 4 nitrogen and oxygen atoms in total. The normalized spacial score (nSPS) is 19.2. The number of benzene rings is 1. The number of likely N-dealkylation sites (tertiary alicyclic amines) is 1. The number of nitrogens with two attached hydrogens (primary N) is 1. The van der Waals surface area contributed by atoms with E-state index >= 15 is 0 Å². The number of hydrogen-bond acceptors (Lipinski definition) is 3. The largest absolute Gasteiger partial charge is 0.327 e. The maximum absolute atomic E-state index is 12.1. The van der Waals surface area contributed by atoms with Crippen molar-refractivity contribution in [3.8, 4) is 0 Å². The second-order valence-corrected chi connectivity index (χ2v) is 5.43. The number of rotatable bonds is 3. The molecule has 1 atom stereocenters. The highest BCUT2D eigenvalue weighted by Crippen LogP contribution is 2.18. The van der Waals surface area contributed by atoms with Crippen molar-refractivity contribution in [2.45, 2.75) is 32.7 Å². The van der Waals surface area contributed by atoms with Crippen molar-refractivity contribution < 1.29 is 4.79 Å². The number of anilines is 1. The van der Waals surface area contributed by atoms with E-state index in [1.807, 2.05) is 19.1 Å². The van der Waals surface area contributed by atoms with E-state index in [1.54, 1.807) is 0 Å². The number of nitrogens with zero attached hydrogens (tertiary/aromatic N) is 1. The van der Waals surface area contributed by atoms with Gasteiger partial charge in [-0.3, -0.25) is 9.69 Å². The zero-order chi connectivity index (χ0) is 13.8. The molecule has 1 fully saturated rings. The van der Waals surface area contributed by atoms with E-state index in [0.29, 0.717) is 6.54 Å². The van der Waals surface area contributed by atoms with Crippen LogP contribution >= 0.6 is 12.4 Å². The number of piperidine rings is 1. The van der Waals surface area contributed by atoms with Gasteiger partial charge < -0.3 is 11.1 Å². The van der Waals surface area contributed by atoms with Crippen molar-refractivity contribution in [3.05, 3.63) is 29.3 Å². The third-order valence-corrected chi connectivity index (χ3v) is 3.79. The molecule has 0 spiro atoms. The van der Waals surface area contributed by atoms with E-state index in [-0.39, 0.29) is 24.4 Å². The van der Waals surface area contributed by atoms with Crippen LogP contribution in [0.3, 0.4) is 0 Å². The van der Waals surface area contributed by atoms with Crippen molar-refractivity contribution in [3.63, 3.8) is 0 Å². The van der Waals surface area contributed by atoms with Crippen LogP contribution in [-0.4, -0.2) is 36.5 Å². The average Bonchev–Trinajstić information content (AvgIpc) is 2.35. The minimum atomic E-state index is 0. The van der Waals surface area contributed by atoms with Gasteiger partial charge in [0.25, 0.3) is 0 Å². The molecule has 0 bridgehead atoms. The molecule has 1 amide bonds. The Kier molecular flexibility index (Phi) is 6.46. The van der Waals surface area contributed by atoms with Crippen molar-refractivity contribution in [1.82, 2.24) is 4.90 Å². The standard InChI is InChI=1S/C15H23N3O.ClH/c1-11-5-3-7-14(12(11)2)17-15(19)10-18-8-4-6-13(16)9-18;/h3,5,7,13H,4,6,8-10,16H2,1-2H3,(H,17,19);1H. The van der Waals surface area contributed by atoms with Gasteiger partial charge in [0.05, 0.1) is 6.54 Å². The Hall–Kier alpha value is -1.10. The summed E-state index contributed by atoms with van der Waals surface area (Å²) in [6.45, 7) is 6.30. The van der Waals surface area contributed by atoms with Gasteiger partial charge in [-0.15, -0.1) is 12.4 Å². The van der Waals surface area contributed by atoms with Crippen molar-refractivity contribution >= 4 is 24.0 Å². The number of halogens is 1. The SMILES string of the molecule is Cc1cccc(NC(=O)CN2CCCC(N)C2)c1C.Cl. The predicted molar refractivity (Wildman–Crippen MR) is 85.4 cm³/mol. The molecule has 2 rings (SSSR count). The molecule has 112 valence electrons. The highest BCUT2D eigenvalue weighted by molar-refractivity contribution is 5.93. The van der Waals surface area contributed by atoms with Gasteiger partial charge in [-0.1, -0.05) is 12.1 Å². The first-order valence-electron chi connectivity index (χ1n) is 6.90.